The fourth-order valence-corrected chi connectivity index (χ4v) is 1.86. The van der Waals surface area contributed by atoms with Crippen LogP contribution in [-0.4, -0.2) is 37.7 Å². The fourth-order valence-electron chi connectivity index (χ4n) is 1.86. The van der Waals surface area contributed by atoms with Gasteiger partial charge in [-0.25, -0.2) is 0 Å². The minimum Gasteiger partial charge on any atom is -0.379 e. The first kappa shape index (κ1) is 13.6. The first-order valence-electron chi connectivity index (χ1n) is 6.25. The van der Waals surface area contributed by atoms with Crippen molar-refractivity contribution in [1.29, 1.82) is 0 Å². The zero-order valence-corrected chi connectivity index (χ0v) is 10.4. The van der Waals surface area contributed by atoms with Crippen molar-refractivity contribution in [1.82, 2.24) is 10.6 Å². The third kappa shape index (κ3) is 6.20. The molecule has 1 aliphatic heterocycles. The van der Waals surface area contributed by atoms with Crippen LogP contribution < -0.4 is 10.6 Å². The van der Waals surface area contributed by atoms with Gasteiger partial charge in [-0.1, -0.05) is 0 Å². The van der Waals surface area contributed by atoms with E-state index in [0.717, 1.165) is 6.54 Å². The van der Waals surface area contributed by atoms with E-state index in [0.29, 0.717) is 31.8 Å². The summed E-state index contributed by atoms with van der Waals surface area (Å²) in [7, 11) is 0. The van der Waals surface area contributed by atoms with Crippen molar-refractivity contribution in [3.63, 3.8) is 0 Å². The maximum atomic E-state index is 10.7. The Morgan fingerprint density at radius 1 is 1.56 bits per heavy atom. The molecular weight excluding hydrogens is 204 g/mol. The summed E-state index contributed by atoms with van der Waals surface area (Å²) in [5.41, 5.74) is 0. The van der Waals surface area contributed by atoms with E-state index in [4.69, 9.17) is 4.74 Å². The lowest BCUT2D eigenvalue weighted by Gasteiger charge is -2.27. The highest BCUT2D eigenvalue weighted by Gasteiger charge is 2.14. The number of rotatable bonds is 7. The number of carbonyl (C=O) groups excluding carboxylic acids is 1. The first-order chi connectivity index (χ1) is 7.68. The van der Waals surface area contributed by atoms with Crippen LogP contribution in [0.25, 0.3) is 0 Å². The van der Waals surface area contributed by atoms with E-state index >= 15 is 0 Å². The van der Waals surface area contributed by atoms with Crippen LogP contribution in [-0.2, 0) is 9.53 Å². The number of Topliss-reactive ketones (excluding diaryl/α,β-unsaturated/α-hetero) is 1. The van der Waals surface area contributed by atoms with Crippen LogP contribution in [0.4, 0.5) is 0 Å². The van der Waals surface area contributed by atoms with E-state index in [1.807, 2.05) is 0 Å². The Morgan fingerprint density at radius 2 is 2.38 bits per heavy atom. The molecule has 2 unspecified atom stereocenters. The molecule has 94 valence electrons. The van der Waals surface area contributed by atoms with Gasteiger partial charge in [-0.2, -0.15) is 0 Å². The molecule has 2 N–H and O–H groups in total. The molecule has 0 spiro atoms. The number of ketones is 1. The summed E-state index contributed by atoms with van der Waals surface area (Å²) in [6.45, 7) is 6.03. The van der Waals surface area contributed by atoms with E-state index in [1.165, 1.54) is 19.3 Å². The van der Waals surface area contributed by atoms with E-state index in [9.17, 15) is 4.79 Å². The first-order valence-corrected chi connectivity index (χ1v) is 6.25. The number of hydrogen-bond donors (Lipinski definition) is 2. The lowest BCUT2D eigenvalue weighted by Crippen LogP contribution is -2.49. The Morgan fingerprint density at radius 3 is 3.00 bits per heavy atom. The molecule has 1 rings (SSSR count). The highest BCUT2D eigenvalue weighted by atomic mass is 16.5. The Kier molecular flexibility index (Phi) is 6.61. The number of carbonyl (C=O) groups is 1. The molecule has 16 heavy (non-hydrogen) atoms. The van der Waals surface area contributed by atoms with Gasteiger partial charge in [-0.15, -0.1) is 0 Å². The summed E-state index contributed by atoms with van der Waals surface area (Å²) >= 11 is 0. The normalized spacial score (nSPS) is 23.0. The Labute approximate surface area is 98.1 Å². The molecule has 4 heteroatoms. The van der Waals surface area contributed by atoms with Gasteiger partial charge in [0.25, 0.3) is 0 Å². The predicted octanol–water partition coefficient (Wildman–Crippen LogP) is 1.06. The smallest absolute Gasteiger partial charge is 0.132 e. The average molecular weight is 228 g/mol. The van der Waals surface area contributed by atoms with Gasteiger partial charge in [-0.05, 0) is 39.7 Å². The van der Waals surface area contributed by atoms with E-state index < -0.39 is 0 Å². The van der Waals surface area contributed by atoms with Gasteiger partial charge in [-0.3, -0.25) is 10.1 Å². The molecule has 1 saturated heterocycles. The summed E-state index contributed by atoms with van der Waals surface area (Å²) in [6.07, 6.45) is 4.72. The standard InChI is InChI=1S/C12H24N2O2/c1-10(9-16-8-6-11(2)15)14-12-5-3-4-7-13-12/h10,12-14H,3-9H2,1-2H3. The topological polar surface area (TPSA) is 50.4 Å². The molecule has 2 atom stereocenters. The van der Waals surface area contributed by atoms with Crippen molar-refractivity contribution in [2.75, 3.05) is 19.8 Å². The number of piperidine rings is 1. The van der Waals surface area contributed by atoms with Crippen LogP contribution >= 0.6 is 0 Å². The molecule has 0 bridgehead atoms. The van der Waals surface area contributed by atoms with Gasteiger partial charge >= 0.3 is 0 Å². The predicted molar refractivity (Wildman–Crippen MR) is 64.4 cm³/mol. The van der Waals surface area contributed by atoms with Crippen molar-refractivity contribution in [3.05, 3.63) is 0 Å². The van der Waals surface area contributed by atoms with Crippen molar-refractivity contribution in [2.24, 2.45) is 0 Å². The van der Waals surface area contributed by atoms with Gasteiger partial charge in [0.05, 0.1) is 19.4 Å². The zero-order chi connectivity index (χ0) is 11.8. The highest BCUT2D eigenvalue weighted by molar-refractivity contribution is 5.75. The Bertz CT molecular complexity index is 203. The summed E-state index contributed by atoms with van der Waals surface area (Å²) < 4.78 is 5.44. The molecule has 1 heterocycles. The quantitative estimate of drug-likeness (QED) is 0.640. The number of nitrogens with one attached hydrogen (secondary N) is 2. The molecule has 0 aromatic carbocycles. The van der Waals surface area contributed by atoms with Gasteiger partial charge in [0, 0.05) is 12.5 Å². The number of ether oxygens (including phenoxy) is 1. The fraction of sp³-hybridized carbons (Fsp3) is 0.917. The van der Waals surface area contributed by atoms with E-state index in [-0.39, 0.29) is 5.78 Å². The molecule has 1 fully saturated rings. The molecule has 0 aliphatic carbocycles. The van der Waals surface area contributed by atoms with Gasteiger partial charge in [0.15, 0.2) is 0 Å². The van der Waals surface area contributed by atoms with Crippen molar-refractivity contribution < 1.29 is 9.53 Å². The van der Waals surface area contributed by atoms with Crippen LogP contribution in [0.15, 0.2) is 0 Å². The van der Waals surface area contributed by atoms with Gasteiger partial charge in [0.1, 0.15) is 5.78 Å². The maximum Gasteiger partial charge on any atom is 0.132 e. The molecule has 0 radical (unpaired) electrons. The van der Waals surface area contributed by atoms with Gasteiger partial charge < -0.3 is 10.1 Å². The monoisotopic (exact) mass is 228 g/mol. The van der Waals surface area contributed by atoms with Crippen molar-refractivity contribution in [3.8, 4) is 0 Å². The van der Waals surface area contributed by atoms with E-state index in [2.05, 4.69) is 17.6 Å². The van der Waals surface area contributed by atoms with Gasteiger partial charge in [0.2, 0.25) is 0 Å². The van der Waals surface area contributed by atoms with Crippen LogP contribution in [0.1, 0.15) is 39.5 Å². The number of hydrogen-bond acceptors (Lipinski definition) is 4. The second-order valence-corrected chi connectivity index (χ2v) is 4.60. The molecule has 0 aromatic rings. The molecule has 1 aliphatic rings. The molecule has 0 aromatic heterocycles. The van der Waals surface area contributed by atoms with Crippen molar-refractivity contribution >= 4 is 5.78 Å². The summed E-state index contributed by atoms with van der Waals surface area (Å²) in [5.74, 6) is 0.189. The summed E-state index contributed by atoms with van der Waals surface area (Å²) in [6, 6.07) is 0.336. The van der Waals surface area contributed by atoms with Crippen LogP contribution in [0, 0.1) is 0 Å². The van der Waals surface area contributed by atoms with E-state index in [1.54, 1.807) is 6.92 Å². The molecule has 0 amide bonds. The zero-order valence-electron chi connectivity index (χ0n) is 10.4. The second kappa shape index (κ2) is 7.76. The third-order valence-electron chi connectivity index (χ3n) is 2.76. The highest BCUT2D eigenvalue weighted by Crippen LogP contribution is 2.05. The Balaban J connectivity index is 2.01. The largest absolute Gasteiger partial charge is 0.379 e. The minimum atomic E-state index is 0.189. The Hall–Kier alpha value is -0.450. The van der Waals surface area contributed by atoms with Crippen LogP contribution in [0.2, 0.25) is 0 Å². The summed E-state index contributed by atoms with van der Waals surface area (Å²) in [5, 5.41) is 6.92. The third-order valence-corrected chi connectivity index (χ3v) is 2.76. The minimum absolute atomic E-state index is 0.189. The second-order valence-electron chi connectivity index (χ2n) is 4.60. The van der Waals surface area contributed by atoms with Crippen molar-refractivity contribution in [2.45, 2.75) is 51.7 Å². The molecular formula is C12H24N2O2. The summed E-state index contributed by atoms with van der Waals surface area (Å²) in [4.78, 5) is 10.7. The average Bonchev–Trinajstić information content (AvgIpc) is 2.25. The lowest BCUT2D eigenvalue weighted by atomic mass is 10.1. The SMILES string of the molecule is CC(=O)CCOCC(C)NC1CCCCN1. The molecule has 4 nitrogen and oxygen atoms in total. The lowest BCUT2D eigenvalue weighted by molar-refractivity contribution is -0.118. The maximum absolute atomic E-state index is 10.7. The molecule has 0 saturated carbocycles. The van der Waals surface area contributed by atoms with Crippen LogP contribution in [0.3, 0.4) is 0 Å². The van der Waals surface area contributed by atoms with Crippen LogP contribution in [0.5, 0.6) is 0 Å².